The van der Waals surface area contributed by atoms with Gasteiger partial charge in [0, 0.05) is 17.3 Å². The molecule has 4 aromatic rings. The Morgan fingerprint density at radius 3 is 2.26 bits per heavy atom. The van der Waals surface area contributed by atoms with Crippen LogP contribution in [0, 0.1) is 6.92 Å². The minimum atomic E-state index is -3.75. The number of nitrogens with two attached hydrogens (primary N) is 1. The Balaban J connectivity index is 1.88. The van der Waals surface area contributed by atoms with E-state index in [1.54, 1.807) is 12.1 Å². The van der Waals surface area contributed by atoms with Gasteiger partial charge in [-0.1, -0.05) is 30.3 Å². The number of nitrogens with one attached hydrogen (secondary N) is 1. The van der Waals surface area contributed by atoms with Crippen molar-refractivity contribution < 1.29 is 12.8 Å². The van der Waals surface area contributed by atoms with E-state index in [2.05, 4.69) is 4.98 Å². The molecule has 7 heteroatoms. The van der Waals surface area contributed by atoms with Gasteiger partial charge >= 0.3 is 0 Å². The molecule has 3 N–H and O–H groups in total. The first-order valence-corrected chi connectivity index (χ1v) is 9.82. The van der Waals surface area contributed by atoms with Gasteiger partial charge in [0.15, 0.2) is 5.76 Å². The molecule has 0 unspecified atom stereocenters. The predicted octanol–water partition coefficient (Wildman–Crippen LogP) is 3.96. The van der Waals surface area contributed by atoms with Gasteiger partial charge in [-0.15, -0.1) is 0 Å². The third kappa shape index (κ3) is 3.30. The highest BCUT2D eigenvalue weighted by molar-refractivity contribution is 7.89. The highest BCUT2D eigenvalue weighted by Gasteiger charge is 2.20. The summed E-state index contributed by atoms with van der Waals surface area (Å²) in [6.07, 6.45) is 1.83. The van der Waals surface area contributed by atoms with Gasteiger partial charge in [-0.2, -0.15) is 0 Å². The van der Waals surface area contributed by atoms with Crippen molar-refractivity contribution in [3.63, 3.8) is 0 Å². The molecule has 0 aliphatic heterocycles. The third-order valence-corrected chi connectivity index (χ3v) is 5.22. The Morgan fingerprint density at radius 2 is 1.67 bits per heavy atom. The van der Waals surface area contributed by atoms with Gasteiger partial charge in [-0.3, -0.25) is 0 Å². The minimum absolute atomic E-state index is 0.0486. The van der Waals surface area contributed by atoms with Crippen molar-refractivity contribution in [2.24, 2.45) is 5.14 Å². The van der Waals surface area contributed by atoms with Crippen LogP contribution in [0.25, 0.3) is 34.2 Å². The highest BCUT2D eigenvalue weighted by atomic mass is 32.2. The molecule has 6 nitrogen and oxygen atoms in total. The van der Waals surface area contributed by atoms with E-state index in [0.717, 1.165) is 16.8 Å². The number of benzene rings is 2. The van der Waals surface area contributed by atoms with Crippen LogP contribution in [0.1, 0.15) is 5.56 Å². The molecule has 0 atom stereocenters. The summed E-state index contributed by atoms with van der Waals surface area (Å²) in [7, 11) is -3.75. The number of aromatic amines is 1. The van der Waals surface area contributed by atoms with Gasteiger partial charge < -0.3 is 9.40 Å². The first-order valence-electron chi connectivity index (χ1n) is 8.27. The van der Waals surface area contributed by atoms with Crippen LogP contribution in [0.5, 0.6) is 0 Å². The Kier molecular flexibility index (Phi) is 4.18. The van der Waals surface area contributed by atoms with E-state index >= 15 is 0 Å². The number of rotatable bonds is 4. The maximum Gasteiger partial charge on any atom is 0.244 e. The highest BCUT2D eigenvalue weighted by Crippen LogP contribution is 2.36. The average molecular weight is 379 g/mol. The van der Waals surface area contributed by atoms with Crippen LogP contribution in [-0.2, 0) is 10.0 Å². The van der Waals surface area contributed by atoms with Crippen LogP contribution in [0.3, 0.4) is 0 Å². The molecule has 2 heterocycles. The zero-order chi connectivity index (χ0) is 19.0. The summed E-state index contributed by atoms with van der Waals surface area (Å²) in [4.78, 5) is 7.88. The molecule has 0 spiro atoms. The number of H-pyrrole nitrogens is 1. The summed E-state index contributed by atoms with van der Waals surface area (Å²) in [5.74, 6) is 1.04. The van der Waals surface area contributed by atoms with E-state index in [0.29, 0.717) is 22.9 Å². The van der Waals surface area contributed by atoms with E-state index < -0.39 is 10.0 Å². The van der Waals surface area contributed by atoms with Gasteiger partial charge in [-0.05, 0) is 42.8 Å². The van der Waals surface area contributed by atoms with Crippen LogP contribution in [0.4, 0.5) is 0 Å². The van der Waals surface area contributed by atoms with E-state index in [1.165, 1.54) is 12.1 Å². The topological polar surface area (TPSA) is 102 Å². The van der Waals surface area contributed by atoms with E-state index in [-0.39, 0.29) is 4.90 Å². The van der Waals surface area contributed by atoms with Crippen molar-refractivity contribution in [3.8, 4) is 34.2 Å². The zero-order valence-electron chi connectivity index (χ0n) is 14.5. The fraction of sp³-hybridized carbons (Fsp3) is 0.0500. The van der Waals surface area contributed by atoms with Crippen molar-refractivity contribution in [2.75, 3.05) is 0 Å². The number of sulfonamides is 1. The summed E-state index contributed by atoms with van der Waals surface area (Å²) < 4.78 is 29.1. The number of oxazole rings is 1. The van der Waals surface area contributed by atoms with Gasteiger partial charge in [-0.25, -0.2) is 18.5 Å². The summed E-state index contributed by atoms with van der Waals surface area (Å²) in [5, 5.41) is 5.18. The predicted molar refractivity (Wildman–Crippen MR) is 103 cm³/mol. The molecule has 136 valence electrons. The van der Waals surface area contributed by atoms with E-state index in [4.69, 9.17) is 14.5 Å². The quantitative estimate of drug-likeness (QED) is 0.560. The minimum Gasteiger partial charge on any atom is -0.434 e. The number of aromatic nitrogens is 2. The maximum atomic E-state index is 11.5. The van der Waals surface area contributed by atoms with Crippen LogP contribution in [-0.4, -0.2) is 18.4 Å². The maximum absolute atomic E-state index is 11.5. The van der Waals surface area contributed by atoms with Crippen LogP contribution in [0.2, 0.25) is 0 Å². The molecular weight excluding hydrogens is 362 g/mol. The van der Waals surface area contributed by atoms with E-state index in [1.807, 2.05) is 49.5 Å². The molecule has 0 fully saturated rings. The Labute approximate surface area is 156 Å². The average Bonchev–Trinajstić information content (AvgIpc) is 3.28. The molecule has 4 rings (SSSR count). The van der Waals surface area contributed by atoms with Crippen molar-refractivity contribution in [3.05, 3.63) is 72.4 Å². The second-order valence-electron chi connectivity index (χ2n) is 6.17. The Bertz CT molecular complexity index is 1190. The zero-order valence-corrected chi connectivity index (χ0v) is 15.3. The van der Waals surface area contributed by atoms with Gasteiger partial charge in [0.1, 0.15) is 11.4 Å². The molecule has 0 bridgehead atoms. The van der Waals surface area contributed by atoms with Crippen molar-refractivity contribution in [1.82, 2.24) is 9.97 Å². The van der Waals surface area contributed by atoms with Crippen LogP contribution < -0.4 is 5.14 Å². The number of hydrogen-bond acceptors (Lipinski definition) is 4. The monoisotopic (exact) mass is 379 g/mol. The Morgan fingerprint density at radius 1 is 0.963 bits per heavy atom. The number of aryl methyl sites for hydroxylation is 1. The summed E-state index contributed by atoms with van der Waals surface area (Å²) >= 11 is 0. The molecule has 0 radical (unpaired) electrons. The first-order chi connectivity index (χ1) is 12.9. The first kappa shape index (κ1) is 17.3. The van der Waals surface area contributed by atoms with Gasteiger partial charge in [0.05, 0.1) is 4.90 Å². The fourth-order valence-corrected chi connectivity index (χ4v) is 3.40. The molecule has 0 aliphatic carbocycles. The summed E-state index contributed by atoms with van der Waals surface area (Å²) in [6.45, 7) is 1.97. The SMILES string of the molecule is Cc1cc[nH]c1-c1nc(-c2ccccc2)c(-c2ccc(S(N)(=O)=O)cc2)o1. The van der Waals surface area contributed by atoms with Gasteiger partial charge in [0.25, 0.3) is 0 Å². The smallest absolute Gasteiger partial charge is 0.244 e. The lowest BCUT2D eigenvalue weighted by Crippen LogP contribution is -2.11. The lowest BCUT2D eigenvalue weighted by molar-refractivity contribution is 0.586. The van der Waals surface area contributed by atoms with E-state index in [9.17, 15) is 8.42 Å². The molecule has 27 heavy (non-hydrogen) atoms. The number of hydrogen-bond donors (Lipinski definition) is 2. The largest absolute Gasteiger partial charge is 0.434 e. The van der Waals surface area contributed by atoms with Crippen LogP contribution in [0.15, 0.2) is 76.2 Å². The van der Waals surface area contributed by atoms with Crippen molar-refractivity contribution in [2.45, 2.75) is 11.8 Å². The molecule has 2 aromatic carbocycles. The number of nitrogens with zero attached hydrogens (tertiary/aromatic N) is 1. The molecule has 0 saturated carbocycles. The molecule has 0 aliphatic rings. The second kappa shape index (κ2) is 6.53. The second-order valence-corrected chi connectivity index (χ2v) is 7.73. The molecule has 2 aromatic heterocycles. The summed E-state index contributed by atoms with van der Waals surface area (Å²) in [5.41, 5.74) is 4.13. The van der Waals surface area contributed by atoms with Crippen molar-refractivity contribution >= 4 is 10.0 Å². The molecule has 0 saturated heterocycles. The lowest BCUT2D eigenvalue weighted by atomic mass is 10.1. The fourth-order valence-electron chi connectivity index (χ4n) is 2.89. The van der Waals surface area contributed by atoms with Crippen molar-refractivity contribution in [1.29, 1.82) is 0 Å². The number of primary sulfonamides is 1. The summed E-state index contributed by atoms with van der Waals surface area (Å²) in [6, 6.07) is 17.9. The third-order valence-electron chi connectivity index (χ3n) is 4.29. The molecular formula is C20H17N3O3S. The lowest BCUT2D eigenvalue weighted by Gasteiger charge is -2.03. The standard InChI is InChI=1S/C20H17N3O3S/c1-13-11-12-22-17(13)20-23-18(14-5-3-2-4-6-14)19(26-20)15-7-9-16(10-8-15)27(21,24)25/h2-12,22H,1H3,(H2,21,24,25). The normalized spacial score (nSPS) is 11.6. The van der Waals surface area contributed by atoms with Gasteiger partial charge in [0.2, 0.25) is 15.9 Å². The Hall–Kier alpha value is -3.16. The molecule has 0 amide bonds. The van der Waals surface area contributed by atoms with Crippen LogP contribution >= 0.6 is 0 Å².